The Balaban J connectivity index is 1.39. The molecule has 1 aliphatic heterocycles. The van der Waals surface area contributed by atoms with Crippen molar-refractivity contribution in [2.75, 3.05) is 13.1 Å². The summed E-state index contributed by atoms with van der Waals surface area (Å²) < 4.78 is 0. The smallest absolute Gasteiger partial charge is 0.225 e. The van der Waals surface area contributed by atoms with Crippen molar-refractivity contribution >= 4 is 11.8 Å². The van der Waals surface area contributed by atoms with Gasteiger partial charge in [-0.3, -0.25) is 9.59 Å². The molecular weight excluding hydrogens is 276 g/mol. The number of hydrogen-bond donors (Lipinski definition) is 1. The number of likely N-dealkylation sites (tertiary alicyclic amines) is 1. The molecule has 2 amide bonds. The molecule has 1 saturated heterocycles. The summed E-state index contributed by atoms with van der Waals surface area (Å²) in [6.07, 6.45) is 13.0. The molecule has 3 aliphatic rings. The number of hydrogen-bond acceptors (Lipinski definition) is 2. The molecule has 0 spiro atoms. The fourth-order valence-corrected chi connectivity index (χ4v) is 4.50. The summed E-state index contributed by atoms with van der Waals surface area (Å²) in [5, 5.41) is 3.09. The van der Waals surface area contributed by atoms with Gasteiger partial charge in [-0.25, -0.2) is 0 Å². The zero-order chi connectivity index (χ0) is 15.4. The third-order valence-electron chi connectivity index (χ3n) is 5.87. The molecule has 0 radical (unpaired) electrons. The highest BCUT2D eigenvalue weighted by Crippen LogP contribution is 2.29. The average Bonchev–Trinajstić information content (AvgIpc) is 3.17. The van der Waals surface area contributed by atoms with E-state index in [0.29, 0.717) is 19.0 Å². The largest absolute Gasteiger partial charge is 0.356 e. The molecule has 0 aromatic heterocycles. The summed E-state index contributed by atoms with van der Waals surface area (Å²) in [6, 6.07) is 0.410. The second-order valence-corrected chi connectivity index (χ2v) is 7.47. The molecule has 0 aromatic rings. The van der Waals surface area contributed by atoms with E-state index in [-0.39, 0.29) is 17.7 Å². The minimum atomic E-state index is -0.112. The molecule has 2 saturated carbocycles. The van der Waals surface area contributed by atoms with Crippen LogP contribution in [-0.2, 0) is 9.59 Å². The van der Waals surface area contributed by atoms with Gasteiger partial charge in [-0.15, -0.1) is 0 Å². The summed E-state index contributed by atoms with van der Waals surface area (Å²) in [6.45, 7) is 1.44. The highest BCUT2D eigenvalue weighted by Gasteiger charge is 2.38. The first kappa shape index (κ1) is 15.8. The monoisotopic (exact) mass is 306 g/mol. The van der Waals surface area contributed by atoms with E-state index in [2.05, 4.69) is 5.32 Å². The van der Waals surface area contributed by atoms with Crippen LogP contribution in [0, 0.1) is 11.8 Å². The van der Waals surface area contributed by atoms with Crippen LogP contribution in [0.15, 0.2) is 0 Å². The van der Waals surface area contributed by atoms with Gasteiger partial charge >= 0.3 is 0 Å². The summed E-state index contributed by atoms with van der Waals surface area (Å²) in [5.74, 6) is 0.984. The van der Waals surface area contributed by atoms with E-state index in [9.17, 15) is 9.59 Å². The van der Waals surface area contributed by atoms with E-state index in [4.69, 9.17) is 0 Å². The second-order valence-electron chi connectivity index (χ2n) is 7.47. The Hall–Kier alpha value is -1.06. The number of rotatable bonds is 5. The minimum absolute atomic E-state index is 0.102. The van der Waals surface area contributed by atoms with Crippen molar-refractivity contribution < 1.29 is 9.59 Å². The topological polar surface area (TPSA) is 49.4 Å². The van der Waals surface area contributed by atoms with Gasteiger partial charge < -0.3 is 10.2 Å². The molecule has 4 nitrogen and oxygen atoms in total. The zero-order valence-electron chi connectivity index (χ0n) is 13.7. The fraction of sp³-hybridized carbons (Fsp3) is 0.889. The summed E-state index contributed by atoms with van der Waals surface area (Å²) in [5.41, 5.74) is 0. The molecule has 2 aliphatic carbocycles. The van der Waals surface area contributed by atoms with E-state index in [1.807, 2.05) is 4.90 Å². The van der Waals surface area contributed by atoms with E-state index in [1.165, 1.54) is 44.9 Å². The lowest BCUT2D eigenvalue weighted by molar-refractivity contribution is -0.130. The van der Waals surface area contributed by atoms with E-state index >= 15 is 0 Å². The van der Waals surface area contributed by atoms with Crippen LogP contribution in [0.3, 0.4) is 0 Å². The van der Waals surface area contributed by atoms with Crippen LogP contribution in [0.2, 0.25) is 0 Å². The molecule has 1 unspecified atom stereocenters. The van der Waals surface area contributed by atoms with Crippen LogP contribution in [-0.4, -0.2) is 35.8 Å². The van der Waals surface area contributed by atoms with Gasteiger partial charge in [-0.05, 0) is 25.2 Å². The first-order valence-corrected chi connectivity index (χ1v) is 9.31. The predicted molar refractivity (Wildman–Crippen MR) is 86.3 cm³/mol. The van der Waals surface area contributed by atoms with Gasteiger partial charge in [0, 0.05) is 25.6 Å². The standard InChI is InChI=1S/C18H30N2O2/c21-17-12-15(13-20(17)16-8-4-5-9-16)18(22)19-11-10-14-6-2-1-3-7-14/h14-16H,1-13H2,(H,19,22). The third-order valence-corrected chi connectivity index (χ3v) is 5.87. The second kappa shape index (κ2) is 7.47. The lowest BCUT2D eigenvalue weighted by Crippen LogP contribution is -2.37. The van der Waals surface area contributed by atoms with Gasteiger partial charge in [-0.2, -0.15) is 0 Å². The highest BCUT2D eigenvalue weighted by molar-refractivity contribution is 5.89. The maximum atomic E-state index is 12.3. The third kappa shape index (κ3) is 3.82. The van der Waals surface area contributed by atoms with Crippen molar-refractivity contribution in [1.29, 1.82) is 0 Å². The first-order valence-electron chi connectivity index (χ1n) is 9.31. The number of carbonyl (C=O) groups excluding carboxylic acids is 2. The average molecular weight is 306 g/mol. The molecule has 3 fully saturated rings. The van der Waals surface area contributed by atoms with Gasteiger partial charge in [0.05, 0.1) is 5.92 Å². The summed E-state index contributed by atoms with van der Waals surface area (Å²) in [4.78, 5) is 26.4. The van der Waals surface area contributed by atoms with E-state index in [0.717, 1.165) is 31.7 Å². The minimum Gasteiger partial charge on any atom is -0.356 e. The number of nitrogens with zero attached hydrogens (tertiary/aromatic N) is 1. The van der Waals surface area contributed by atoms with Gasteiger partial charge in [-0.1, -0.05) is 44.9 Å². The highest BCUT2D eigenvalue weighted by atomic mass is 16.2. The van der Waals surface area contributed by atoms with Crippen molar-refractivity contribution in [1.82, 2.24) is 10.2 Å². The van der Waals surface area contributed by atoms with Crippen molar-refractivity contribution in [3.63, 3.8) is 0 Å². The Bertz CT molecular complexity index is 398. The number of carbonyl (C=O) groups is 2. The molecule has 0 bridgehead atoms. The molecule has 22 heavy (non-hydrogen) atoms. The van der Waals surface area contributed by atoms with E-state index in [1.54, 1.807) is 0 Å². The first-order chi connectivity index (χ1) is 10.7. The molecule has 1 atom stereocenters. The Kier molecular flexibility index (Phi) is 5.37. The van der Waals surface area contributed by atoms with Gasteiger partial charge in [0.25, 0.3) is 0 Å². The Morgan fingerprint density at radius 2 is 1.73 bits per heavy atom. The summed E-state index contributed by atoms with van der Waals surface area (Å²) in [7, 11) is 0. The SMILES string of the molecule is O=C(NCCC1CCCCC1)C1CC(=O)N(C2CCCC2)C1. The zero-order valence-corrected chi connectivity index (χ0v) is 13.7. The van der Waals surface area contributed by atoms with Crippen LogP contribution in [0.1, 0.15) is 70.6 Å². The quantitative estimate of drug-likeness (QED) is 0.849. The van der Waals surface area contributed by atoms with Crippen LogP contribution in [0.4, 0.5) is 0 Å². The molecule has 1 N–H and O–H groups in total. The Morgan fingerprint density at radius 1 is 1.05 bits per heavy atom. The number of amides is 2. The fourth-order valence-electron chi connectivity index (χ4n) is 4.50. The normalized spacial score (nSPS) is 27.5. The summed E-state index contributed by atoms with van der Waals surface area (Å²) >= 11 is 0. The molecule has 4 heteroatoms. The van der Waals surface area contributed by atoms with Crippen LogP contribution in [0.5, 0.6) is 0 Å². The van der Waals surface area contributed by atoms with Crippen LogP contribution in [0.25, 0.3) is 0 Å². The number of nitrogens with one attached hydrogen (secondary N) is 1. The molecule has 0 aromatic carbocycles. The Morgan fingerprint density at radius 3 is 2.45 bits per heavy atom. The Labute approximate surface area is 134 Å². The van der Waals surface area contributed by atoms with Crippen molar-refractivity contribution in [3.8, 4) is 0 Å². The van der Waals surface area contributed by atoms with Crippen LogP contribution < -0.4 is 5.32 Å². The van der Waals surface area contributed by atoms with E-state index < -0.39 is 0 Å². The van der Waals surface area contributed by atoms with Crippen molar-refractivity contribution in [3.05, 3.63) is 0 Å². The lowest BCUT2D eigenvalue weighted by Gasteiger charge is -2.24. The predicted octanol–water partition coefficient (Wildman–Crippen LogP) is 2.86. The van der Waals surface area contributed by atoms with Gasteiger partial charge in [0.15, 0.2) is 0 Å². The maximum Gasteiger partial charge on any atom is 0.225 e. The molecule has 124 valence electrons. The molecule has 3 rings (SSSR count). The van der Waals surface area contributed by atoms with Gasteiger partial charge in [0.2, 0.25) is 11.8 Å². The maximum absolute atomic E-state index is 12.3. The molecule has 1 heterocycles. The van der Waals surface area contributed by atoms with Crippen molar-refractivity contribution in [2.24, 2.45) is 11.8 Å². The molecular formula is C18H30N2O2. The van der Waals surface area contributed by atoms with Gasteiger partial charge in [0.1, 0.15) is 0 Å². The lowest BCUT2D eigenvalue weighted by atomic mass is 9.87. The van der Waals surface area contributed by atoms with Crippen molar-refractivity contribution in [2.45, 2.75) is 76.7 Å². The van der Waals surface area contributed by atoms with Crippen LogP contribution >= 0.6 is 0 Å².